The van der Waals surface area contributed by atoms with Crippen molar-refractivity contribution >= 4 is 22.1 Å². The number of allylic oxidation sites excluding steroid dienone is 2. The average molecular weight is 213 g/mol. The van der Waals surface area contributed by atoms with E-state index in [-0.39, 0.29) is 0 Å². The van der Waals surface area contributed by atoms with Crippen molar-refractivity contribution in [3.05, 3.63) is 22.7 Å². The Morgan fingerprint density at radius 1 is 1.64 bits per heavy atom. The second kappa shape index (κ2) is 2.48. The summed E-state index contributed by atoms with van der Waals surface area (Å²) in [5.74, 6) is 0.435. The first-order chi connectivity index (χ1) is 5.29. The van der Waals surface area contributed by atoms with Crippen LogP contribution in [0, 0.1) is 5.92 Å². The molecule has 2 aliphatic rings. The van der Waals surface area contributed by atoms with Crippen LogP contribution in [0.1, 0.15) is 0 Å². The van der Waals surface area contributed by atoms with Crippen LogP contribution in [0.5, 0.6) is 0 Å². The molecule has 0 aromatic carbocycles. The second-order valence-electron chi connectivity index (χ2n) is 2.79. The minimum atomic E-state index is 0.425. The van der Waals surface area contributed by atoms with E-state index >= 15 is 0 Å². The first-order valence-corrected chi connectivity index (χ1v) is 4.39. The average Bonchev–Trinajstić information content (AvgIpc) is 2.35. The summed E-state index contributed by atoms with van der Waals surface area (Å²) in [7, 11) is 2.00. The van der Waals surface area contributed by atoms with E-state index in [1.54, 1.807) is 0 Å². The predicted molar refractivity (Wildman–Crippen MR) is 49.7 cm³/mol. The number of hydrazone groups is 1. The van der Waals surface area contributed by atoms with Crippen molar-refractivity contribution in [1.29, 1.82) is 0 Å². The van der Waals surface area contributed by atoms with Gasteiger partial charge in [0.05, 0.1) is 12.0 Å². The highest BCUT2D eigenvalue weighted by Gasteiger charge is 2.29. The van der Waals surface area contributed by atoms with Gasteiger partial charge in [0, 0.05) is 17.7 Å². The Hall–Kier alpha value is -0.570. The quantitative estimate of drug-likeness (QED) is 0.598. The fourth-order valence-corrected chi connectivity index (χ4v) is 1.97. The van der Waals surface area contributed by atoms with Crippen LogP contribution in [0.4, 0.5) is 0 Å². The van der Waals surface area contributed by atoms with Crippen molar-refractivity contribution in [2.45, 2.75) is 6.04 Å². The molecule has 0 aromatic rings. The summed E-state index contributed by atoms with van der Waals surface area (Å²) in [5.41, 5.74) is 0. The molecule has 11 heavy (non-hydrogen) atoms. The van der Waals surface area contributed by atoms with Gasteiger partial charge in [-0.2, -0.15) is 5.10 Å². The number of hydrogen-bond donors (Lipinski definition) is 0. The largest absolute Gasteiger partial charge is 0.293 e. The van der Waals surface area contributed by atoms with Gasteiger partial charge in [-0.25, -0.2) is 0 Å². The van der Waals surface area contributed by atoms with Crippen molar-refractivity contribution in [3.8, 4) is 0 Å². The predicted octanol–water partition coefficient (Wildman–Crippen LogP) is 1.75. The second-order valence-corrected chi connectivity index (χ2v) is 3.71. The lowest BCUT2D eigenvalue weighted by Crippen LogP contribution is -2.28. The van der Waals surface area contributed by atoms with E-state index in [1.807, 2.05) is 18.3 Å². The van der Waals surface area contributed by atoms with Gasteiger partial charge in [0.15, 0.2) is 0 Å². The maximum atomic E-state index is 4.22. The molecule has 2 atom stereocenters. The standard InChI is InChI=1S/C8H9BrN2/c1-11-8-4-2-3-7(9)6(8)5-10-11/h2-6,8H,1H3. The lowest BCUT2D eigenvalue weighted by molar-refractivity contribution is 0.306. The zero-order valence-electron chi connectivity index (χ0n) is 6.24. The zero-order chi connectivity index (χ0) is 7.84. The molecule has 0 bridgehead atoms. The van der Waals surface area contributed by atoms with E-state index in [4.69, 9.17) is 0 Å². The first kappa shape index (κ1) is 7.10. The van der Waals surface area contributed by atoms with Gasteiger partial charge in [-0.1, -0.05) is 34.2 Å². The van der Waals surface area contributed by atoms with Crippen LogP contribution in [-0.4, -0.2) is 24.3 Å². The SMILES string of the molecule is CN1N=CC2C(Br)=CC=CC21. The zero-order valence-corrected chi connectivity index (χ0v) is 7.82. The maximum absolute atomic E-state index is 4.22. The molecule has 1 aliphatic carbocycles. The van der Waals surface area contributed by atoms with Crippen LogP contribution < -0.4 is 0 Å². The summed E-state index contributed by atoms with van der Waals surface area (Å²) < 4.78 is 1.22. The third-order valence-electron chi connectivity index (χ3n) is 2.09. The number of likely N-dealkylation sites (N-methyl/N-ethyl adjacent to an activating group) is 1. The highest BCUT2D eigenvalue weighted by molar-refractivity contribution is 9.11. The van der Waals surface area contributed by atoms with Gasteiger partial charge < -0.3 is 0 Å². The number of rotatable bonds is 0. The molecule has 3 heteroatoms. The van der Waals surface area contributed by atoms with Crippen LogP contribution in [0.25, 0.3) is 0 Å². The Morgan fingerprint density at radius 2 is 2.45 bits per heavy atom. The van der Waals surface area contributed by atoms with Crippen molar-refractivity contribution in [2.75, 3.05) is 7.05 Å². The molecular formula is C8H9BrN2. The van der Waals surface area contributed by atoms with E-state index in [0.29, 0.717) is 12.0 Å². The van der Waals surface area contributed by atoms with Crippen LogP contribution >= 0.6 is 15.9 Å². The summed E-state index contributed by atoms with van der Waals surface area (Å²) in [5, 5.41) is 6.20. The Morgan fingerprint density at radius 3 is 3.18 bits per heavy atom. The maximum Gasteiger partial charge on any atom is 0.0774 e. The van der Waals surface area contributed by atoms with E-state index in [9.17, 15) is 0 Å². The summed E-state index contributed by atoms with van der Waals surface area (Å²) in [4.78, 5) is 0. The molecule has 58 valence electrons. The lowest BCUT2D eigenvalue weighted by atomic mass is 9.97. The number of fused-ring (bicyclic) bond motifs is 1. The number of hydrogen-bond acceptors (Lipinski definition) is 2. The molecule has 2 nitrogen and oxygen atoms in total. The van der Waals surface area contributed by atoms with Gasteiger partial charge in [0.25, 0.3) is 0 Å². The van der Waals surface area contributed by atoms with Crippen LogP contribution in [0.2, 0.25) is 0 Å². The summed E-state index contributed by atoms with van der Waals surface area (Å²) >= 11 is 3.51. The molecule has 2 rings (SSSR count). The fraction of sp³-hybridized carbons (Fsp3) is 0.375. The molecule has 0 saturated heterocycles. The smallest absolute Gasteiger partial charge is 0.0774 e. The molecule has 1 aliphatic heterocycles. The van der Waals surface area contributed by atoms with Crippen LogP contribution in [0.3, 0.4) is 0 Å². The number of nitrogens with zero attached hydrogens (tertiary/aromatic N) is 2. The molecule has 0 fully saturated rings. The molecule has 0 aromatic heterocycles. The Bertz CT molecular complexity index is 255. The molecule has 0 spiro atoms. The van der Waals surface area contributed by atoms with Crippen LogP contribution in [0.15, 0.2) is 27.8 Å². The van der Waals surface area contributed by atoms with Gasteiger partial charge in [0.2, 0.25) is 0 Å². The molecule has 2 unspecified atom stereocenters. The van der Waals surface area contributed by atoms with Crippen molar-refractivity contribution in [3.63, 3.8) is 0 Å². The Kier molecular flexibility index (Phi) is 1.60. The fourth-order valence-electron chi connectivity index (χ4n) is 1.43. The third-order valence-corrected chi connectivity index (χ3v) is 2.88. The minimum Gasteiger partial charge on any atom is -0.293 e. The van der Waals surface area contributed by atoms with Gasteiger partial charge in [0.1, 0.15) is 0 Å². The van der Waals surface area contributed by atoms with Crippen molar-refractivity contribution < 1.29 is 0 Å². The topological polar surface area (TPSA) is 15.6 Å². The summed E-state index contributed by atoms with van der Waals surface area (Å²) in [6.45, 7) is 0. The molecule has 0 saturated carbocycles. The van der Waals surface area contributed by atoms with Crippen molar-refractivity contribution in [2.24, 2.45) is 11.0 Å². The first-order valence-electron chi connectivity index (χ1n) is 3.60. The summed E-state index contributed by atoms with van der Waals surface area (Å²) in [6, 6.07) is 0.425. The Labute approximate surface area is 74.4 Å². The normalized spacial score (nSPS) is 34.0. The molecule has 0 amide bonds. The van der Waals surface area contributed by atoms with Gasteiger partial charge in [-0.3, -0.25) is 5.01 Å². The summed E-state index contributed by atoms with van der Waals surface area (Å²) in [6.07, 6.45) is 8.29. The van der Waals surface area contributed by atoms with Gasteiger partial charge in [-0.15, -0.1) is 0 Å². The van der Waals surface area contributed by atoms with Crippen molar-refractivity contribution in [1.82, 2.24) is 5.01 Å². The van der Waals surface area contributed by atoms with E-state index in [0.717, 1.165) is 0 Å². The van der Waals surface area contributed by atoms with Crippen LogP contribution in [-0.2, 0) is 0 Å². The van der Waals surface area contributed by atoms with E-state index in [1.165, 1.54) is 4.48 Å². The molecule has 1 heterocycles. The Balaban J connectivity index is 2.30. The highest BCUT2D eigenvalue weighted by Crippen LogP contribution is 2.30. The number of halogens is 1. The lowest BCUT2D eigenvalue weighted by Gasteiger charge is -2.22. The minimum absolute atomic E-state index is 0.425. The van der Waals surface area contributed by atoms with E-state index < -0.39 is 0 Å². The highest BCUT2D eigenvalue weighted by atomic mass is 79.9. The van der Waals surface area contributed by atoms with Gasteiger partial charge >= 0.3 is 0 Å². The van der Waals surface area contributed by atoms with E-state index in [2.05, 4.69) is 39.3 Å². The van der Waals surface area contributed by atoms with Gasteiger partial charge in [-0.05, 0) is 0 Å². The molecule has 0 radical (unpaired) electrons. The molecule has 0 N–H and O–H groups in total. The monoisotopic (exact) mass is 212 g/mol. The molecular weight excluding hydrogens is 204 g/mol. The third kappa shape index (κ3) is 1.03.